The fourth-order valence-corrected chi connectivity index (χ4v) is 3.76. The van der Waals surface area contributed by atoms with Gasteiger partial charge in [-0.3, -0.25) is 14.5 Å². The zero-order valence-corrected chi connectivity index (χ0v) is 16.5. The monoisotopic (exact) mass is 394 g/mol. The van der Waals surface area contributed by atoms with Gasteiger partial charge < -0.3 is 14.7 Å². The van der Waals surface area contributed by atoms with Crippen LogP contribution < -0.4 is 4.90 Å². The molecule has 0 N–H and O–H groups in total. The average Bonchev–Trinajstić information content (AvgIpc) is 2.80. The van der Waals surface area contributed by atoms with Crippen molar-refractivity contribution in [3.05, 3.63) is 53.9 Å². The number of benzene rings is 1. The standard InChI is InChI=1S/C21H26N6O2/c28-17-25-10-12-26(13-11-25)20(29)19-6-7-22-21(23-19)27-14-8-24(9-15-27)16-18-4-2-1-3-5-18/h1-7,17H,8-16H2. The summed E-state index contributed by atoms with van der Waals surface area (Å²) in [5.74, 6) is 0.517. The third kappa shape index (κ3) is 4.71. The molecule has 8 nitrogen and oxygen atoms in total. The largest absolute Gasteiger partial charge is 0.342 e. The molecule has 8 heteroatoms. The summed E-state index contributed by atoms with van der Waals surface area (Å²) in [6.07, 6.45) is 2.50. The number of carbonyl (C=O) groups is 2. The minimum absolute atomic E-state index is 0.0955. The predicted molar refractivity (Wildman–Crippen MR) is 110 cm³/mol. The summed E-state index contributed by atoms with van der Waals surface area (Å²) in [7, 11) is 0. The van der Waals surface area contributed by atoms with Gasteiger partial charge in [0.1, 0.15) is 5.69 Å². The minimum atomic E-state index is -0.0955. The van der Waals surface area contributed by atoms with E-state index in [1.54, 1.807) is 22.1 Å². The molecule has 29 heavy (non-hydrogen) atoms. The van der Waals surface area contributed by atoms with E-state index in [2.05, 4.69) is 44.0 Å². The molecule has 2 saturated heterocycles. The molecule has 0 atom stereocenters. The molecule has 3 heterocycles. The van der Waals surface area contributed by atoms with Crippen LogP contribution in [0.1, 0.15) is 16.1 Å². The maximum Gasteiger partial charge on any atom is 0.272 e. The summed E-state index contributed by atoms with van der Waals surface area (Å²) in [4.78, 5) is 40.6. The molecular formula is C21H26N6O2. The van der Waals surface area contributed by atoms with Crippen LogP contribution in [0.5, 0.6) is 0 Å². The van der Waals surface area contributed by atoms with E-state index in [4.69, 9.17) is 0 Å². The number of hydrogen-bond acceptors (Lipinski definition) is 6. The average molecular weight is 394 g/mol. The van der Waals surface area contributed by atoms with Crippen LogP contribution in [0, 0.1) is 0 Å². The van der Waals surface area contributed by atoms with E-state index in [0.717, 1.165) is 39.1 Å². The lowest BCUT2D eigenvalue weighted by Crippen LogP contribution is -2.48. The molecular weight excluding hydrogens is 368 g/mol. The molecule has 0 bridgehead atoms. The van der Waals surface area contributed by atoms with Gasteiger partial charge in [0.2, 0.25) is 12.4 Å². The highest BCUT2D eigenvalue weighted by Gasteiger charge is 2.24. The number of anilines is 1. The molecule has 2 fully saturated rings. The third-order valence-corrected chi connectivity index (χ3v) is 5.52. The quantitative estimate of drug-likeness (QED) is 0.696. The topological polar surface area (TPSA) is 72.9 Å². The number of hydrogen-bond donors (Lipinski definition) is 0. The molecule has 2 aliphatic heterocycles. The lowest BCUT2D eigenvalue weighted by atomic mass is 10.2. The Labute approximate surface area is 170 Å². The van der Waals surface area contributed by atoms with Crippen molar-refractivity contribution in [2.45, 2.75) is 6.54 Å². The Morgan fingerprint density at radius 1 is 0.931 bits per heavy atom. The molecule has 1 aromatic heterocycles. The van der Waals surface area contributed by atoms with E-state index in [1.807, 2.05) is 6.07 Å². The van der Waals surface area contributed by atoms with Crippen LogP contribution in [0.3, 0.4) is 0 Å². The van der Waals surface area contributed by atoms with Crippen LogP contribution in [0.15, 0.2) is 42.6 Å². The van der Waals surface area contributed by atoms with Crippen LogP contribution in [0.25, 0.3) is 0 Å². The fraction of sp³-hybridized carbons (Fsp3) is 0.429. The van der Waals surface area contributed by atoms with E-state index in [0.29, 0.717) is 37.8 Å². The molecule has 2 amide bonds. The van der Waals surface area contributed by atoms with Crippen LogP contribution in [0.2, 0.25) is 0 Å². The van der Waals surface area contributed by atoms with Gasteiger partial charge in [-0.25, -0.2) is 9.97 Å². The Morgan fingerprint density at radius 2 is 1.66 bits per heavy atom. The lowest BCUT2D eigenvalue weighted by Gasteiger charge is -2.35. The minimum Gasteiger partial charge on any atom is -0.342 e. The van der Waals surface area contributed by atoms with Crippen molar-refractivity contribution >= 4 is 18.3 Å². The van der Waals surface area contributed by atoms with E-state index < -0.39 is 0 Å². The van der Waals surface area contributed by atoms with Crippen molar-refractivity contribution in [2.75, 3.05) is 57.3 Å². The maximum atomic E-state index is 12.8. The molecule has 0 unspecified atom stereocenters. The van der Waals surface area contributed by atoms with Crippen molar-refractivity contribution in [3.63, 3.8) is 0 Å². The van der Waals surface area contributed by atoms with Gasteiger partial charge in [-0.1, -0.05) is 30.3 Å². The molecule has 0 radical (unpaired) electrons. The normalized spacial score (nSPS) is 18.0. The van der Waals surface area contributed by atoms with Crippen molar-refractivity contribution in [2.24, 2.45) is 0 Å². The van der Waals surface area contributed by atoms with Crippen molar-refractivity contribution in [1.82, 2.24) is 24.7 Å². The van der Waals surface area contributed by atoms with Crippen LogP contribution in [-0.2, 0) is 11.3 Å². The number of carbonyl (C=O) groups excluding carboxylic acids is 2. The van der Waals surface area contributed by atoms with E-state index >= 15 is 0 Å². The second-order valence-electron chi connectivity index (χ2n) is 7.42. The number of rotatable bonds is 5. The molecule has 2 aliphatic rings. The summed E-state index contributed by atoms with van der Waals surface area (Å²) >= 11 is 0. The molecule has 1 aromatic carbocycles. The second kappa shape index (κ2) is 9.00. The van der Waals surface area contributed by atoms with Gasteiger partial charge in [0.05, 0.1) is 0 Å². The van der Waals surface area contributed by atoms with Crippen LogP contribution in [-0.4, -0.2) is 89.3 Å². The summed E-state index contributed by atoms with van der Waals surface area (Å²) in [5, 5.41) is 0. The van der Waals surface area contributed by atoms with E-state index in [9.17, 15) is 9.59 Å². The Hall–Kier alpha value is -3.00. The molecule has 152 valence electrons. The first-order valence-electron chi connectivity index (χ1n) is 10.1. The molecule has 4 rings (SSSR count). The van der Waals surface area contributed by atoms with Crippen LogP contribution >= 0.6 is 0 Å². The molecule has 2 aromatic rings. The highest BCUT2D eigenvalue weighted by Crippen LogP contribution is 2.15. The number of piperazine rings is 2. The Balaban J connectivity index is 1.34. The third-order valence-electron chi connectivity index (χ3n) is 5.52. The Kier molecular flexibility index (Phi) is 6.00. The zero-order chi connectivity index (χ0) is 20.1. The first-order valence-corrected chi connectivity index (χ1v) is 10.1. The van der Waals surface area contributed by atoms with Crippen molar-refractivity contribution < 1.29 is 9.59 Å². The summed E-state index contributed by atoms with van der Waals surface area (Å²) < 4.78 is 0. The lowest BCUT2D eigenvalue weighted by molar-refractivity contribution is -0.119. The van der Waals surface area contributed by atoms with Gasteiger partial charge in [0, 0.05) is 65.1 Å². The first kappa shape index (κ1) is 19.3. The SMILES string of the molecule is O=CN1CCN(C(=O)c2ccnc(N3CCN(Cc4ccccc4)CC3)n2)CC1. The van der Waals surface area contributed by atoms with Gasteiger partial charge in [-0.05, 0) is 11.6 Å². The summed E-state index contributed by atoms with van der Waals surface area (Å²) in [5.41, 5.74) is 1.74. The maximum absolute atomic E-state index is 12.8. The first-order chi connectivity index (χ1) is 14.2. The fourth-order valence-electron chi connectivity index (χ4n) is 3.76. The van der Waals surface area contributed by atoms with Gasteiger partial charge in [-0.15, -0.1) is 0 Å². The van der Waals surface area contributed by atoms with Crippen molar-refractivity contribution in [3.8, 4) is 0 Å². The summed E-state index contributed by atoms with van der Waals surface area (Å²) in [6.45, 7) is 6.69. The number of amides is 2. The molecule has 0 aliphatic carbocycles. The second-order valence-corrected chi connectivity index (χ2v) is 7.42. The van der Waals surface area contributed by atoms with Gasteiger partial charge in [0.25, 0.3) is 5.91 Å². The summed E-state index contributed by atoms with van der Waals surface area (Å²) in [6, 6.07) is 12.2. The predicted octanol–water partition coefficient (Wildman–Crippen LogP) is 0.713. The zero-order valence-electron chi connectivity index (χ0n) is 16.5. The van der Waals surface area contributed by atoms with E-state index in [1.165, 1.54) is 5.56 Å². The van der Waals surface area contributed by atoms with E-state index in [-0.39, 0.29) is 5.91 Å². The molecule has 0 spiro atoms. The molecule has 0 saturated carbocycles. The number of aromatic nitrogens is 2. The number of nitrogens with zero attached hydrogens (tertiary/aromatic N) is 6. The Bertz CT molecular complexity index is 830. The van der Waals surface area contributed by atoms with Crippen LogP contribution in [0.4, 0.5) is 5.95 Å². The van der Waals surface area contributed by atoms with Gasteiger partial charge >= 0.3 is 0 Å². The Morgan fingerprint density at radius 3 is 2.34 bits per heavy atom. The highest BCUT2D eigenvalue weighted by atomic mass is 16.2. The van der Waals surface area contributed by atoms with Gasteiger partial charge in [0.15, 0.2) is 0 Å². The van der Waals surface area contributed by atoms with Gasteiger partial charge in [-0.2, -0.15) is 0 Å². The van der Waals surface area contributed by atoms with Crippen molar-refractivity contribution in [1.29, 1.82) is 0 Å². The smallest absolute Gasteiger partial charge is 0.272 e. The highest BCUT2D eigenvalue weighted by molar-refractivity contribution is 5.92.